The maximum atomic E-state index is 11.2. The number of carboxylic acids is 1. The van der Waals surface area contributed by atoms with Gasteiger partial charge in [0.1, 0.15) is 17.1 Å². The topological polar surface area (TPSA) is 66.8 Å². The van der Waals surface area contributed by atoms with Gasteiger partial charge in [-0.2, -0.15) is 0 Å². The standard InChI is InChI=1S/C17H18O4/c1-17(2,13-6-4-5-7-15(13)21-3)11-8-9-14(18)12(10-11)16(19)20/h4-10,18H,1-3H3,(H,19,20). The molecule has 110 valence electrons. The Bertz CT molecular complexity index is 674. The lowest BCUT2D eigenvalue weighted by atomic mass is 9.77. The van der Waals surface area contributed by atoms with Gasteiger partial charge in [-0.1, -0.05) is 38.1 Å². The number of aromatic hydroxyl groups is 1. The Labute approximate surface area is 123 Å². The first-order valence-electron chi connectivity index (χ1n) is 6.58. The van der Waals surface area contributed by atoms with Crippen molar-refractivity contribution in [2.75, 3.05) is 7.11 Å². The van der Waals surface area contributed by atoms with Gasteiger partial charge in [0, 0.05) is 11.0 Å². The van der Waals surface area contributed by atoms with E-state index < -0.39 is 11.4 Å². The van der Waals surface area contributed by atoms with Crippen molar-refractivity contribution < 1.29 is 19.7 Å². The molecular weight excluding hydrogens is 268 g/mol. The van der Waals surface area contributed by atoms with Crippen molar-refractivity contribution in [3.8, 4) is 11.5 Å². The third kappa shape index (κ3) is 2.70. The SMILES string of the molecule is COc1ccccc1C(C)(C)c1ccc(O)c(C(=O)O)c1. The van der Waals surface area contributed by atoms with Crippen LogP contribution in [0.15, 0.2) is 42.5 Å². The number of methoxy groups -OCH3 is 1. The van der Waals surface area contributed by atoms with Gasteiger partial charge in [0.15, 0.2) is 0 Å². The van der Waals surface area contributed by atoms with Gasteiger partial charge in [-0.3, -0.25) is 0 Å². The molecular formula is C17H18O4. The van der Waals surface area contributed by atoms with Crippen LogP contribution in [-0.4, -0.2) is 23.3 Å². The molecule has 0 aliphatic carbocycles. The molecule has 0 aliphatic rings. The number of carbonyl (C=O) groups is 1. The van der Waals surface area contributed by atoms with E-state index in [4.69, 9.17) is 9.84 Å². The quantitative estimate of drug-likeness (QED) is 0.903. The lowest BCUT2D eigenvalue weighted by Gasteiger charge is -2.28. The molecule has 0 aliphatic heterocycles. The van der Waals surface area contributed by atoms with Crippen LogP contribution in [0.3, 0.4) is 0 Å². The van der Waals surface area contributed by atoms with Crippen molar-refractivity contribution in [2.24, 2.45) is 0 Å². The van der Waals surface area contributed by atoms with Gasteiger partial charge in [0.2, 0.25) is 0 Å². The molecule has 4 heteroatoms. The molecule has 0 bridgehead atoms. The Morgan fingerprint density at radius 1 is 1.14 bits per heavy atom. The summed E-state index contributed by atoms with van der Waals surface area (Å²) in [5.74, 6) is -0.639. The fourth-order valence-electron chi connectivity index (χ4n) is 2.41. The van der Waals surface area contributed by atoms with Gasteiger partial charge >= 0.3 is 5.97 Å². The van der Waals surface area contributed by atoms with E-state index in [1.165, 1.54) is 12.1 Å². The largest absolute Gasteiger partial charge is 0.507 e. The number of ether oxygens (including phenoxy) is 1. The molecule has 0 atom stereocenters. The molecule has 0 spiro atoms. The number of hydrogen-bond acceptors (Lipinski definition) is 3. The molecule has 0 unspecified atom stereocenters. The van der Waals surface area contributed by atoms with Crippen molar-refractivity contribution in [1.29, 1.82) is 0 Å². The number of para-hydroxylation sites is 1. The van der Waals surface area contributed by atoms with E-state index in [0.29, 0.717) is 0 Å². The zero-order chi connectivity index (χ0) is 15.6. The van der Waals surface area contributed by atoms with E-state index in [1.54, 1.807) is 13.2 Å². The maximum Gasteiger partial charge on any atom is 0.339 e. The second-order valence-electron chi connectivity index (χ2n) is 5.36. The molecule has 0 amide bonds. The minimum Gasteiger partial charge on any atom is -0.507 e. The smallest absolute Gasteiger partial charge is 0.339 e. The van der Waals surface area contributed by atoms with Crippen LogP contribution in [0.25, 0.3) is 0 Å². The van der Waals surface area contributed by atoms with Gasteiger partial charge in [-0.15, -0.1) is 0 Å². The number of phenols is 1. The molecule has 2 aromatic rings. The fourth-order valence-corrected chi connectivity index (χ4v) is 2.41. The molecule has 0 radical (unpaired) electrons. The Hall–Kier alpha value is -2.49. The van der Waals surface area contributed by atoms with Crippen LogP contribution in [0.5, 0.6) is 11.5 Å². The molecule has 0 fully saturated rings. The highest BCUT2D eigenvalue weighted by atomic mass is 16.5. The third-order valence-electron chi connectivity index (χ3n) is 3.73. The zero-order valence-corrected chi connectivity index (χ0v) is 12.3. The van der Waals surface area contributed by atoms with Crippen LogP contribution in [0, 0.1) is 0 Å². The summed E-state index contributed by atoms with van der Waals surface area (Å²) in [6.45, 7) is 3.98. The summed E-state index contributed by atoms with van der Waals surface area (Å²) in [4.78, 5) is 11.2. The number of hydrogen-bond donors (Lipinski definition) is 2. The highest BCUT2D eigenvalue weighted by Crippen LogP contribution is 2.38. The highest BCUT2D eigenvalue weighted by molar-refractivity contribution is 5.91. The molecule has 2 rings (SSSR count). The average molecular weight is 286 g/mol. The summed E-state index contributed by atoms with van der Waals surface area (Å²) in [5.41, 5.74) is 1.19. The Kier molecular flexibility index (Phi) is 3.89. The number of benzene rings is 2. The van der Waals surface area contributed by atoms with E-state index in [0.717, 1.165) is 16.9 Å². The number of rotatable bonds is 4. The van der Waals surface area contributed by atoms with E-state index >= 15 is 0 Å². The molecule has 2 N–H and O–H groups in total. The monoisotopic (exact) mass is 286 g/mol. The Morgan fingerprint density at radius 3 is 2.43 bits per heavy atom. The first-order valence-corrected chi connectivity index (χ1v) is 6.58. The van der Waals surface area contributed by atoms with E-state index in [1.807, 2.05) is 38.1 Å². The molecule has 0 saturated carbocycles. The predicted octanol–water partition coefficient (Wildman–Crippen LogP) is 3.42. The fraction of sp³-hybridized carbons (Fsp3) is 0.235. The summed E-state index contributed by atoms with van der Waals surface area (Å²) in [7, 11) is 1.61. The molecule has 2 aromatic carbocycles. The van der Waals surface area contributed by atoms with E-state index in [-0.39, 0.29) is 11.3 Å². The van der Waals surface area contributed by atoms with Crippen LogP contribution in [0.2, 0.25) is 0 Å². The molecule has 21 heavy (non-hydrogen) atoms. The zero-order valence-electron chi connectivity index (χ0n) is 12.3. The number of carboxylic acid groups (broad SMARTS) is 1. The van der Waals surface area contributed by atoms with Crippen molar-refractivity contribution in [3.05, 3.63) is 59.2 Å². The lowest BCUT2D eigenvalue weighted by molar-refractivity contribution is 0.0693. The molecule has 0 aromatic heterocycles. The van der Waals surface area contributed by atoms with Crippen molar-refractivity contribution in [1.82, 2.24) is 0 Å². The summed E-state index contributed by atoms with van der Waals surface area (Å²) < 4.78 is 5.39. The van der Waals surface area contributed by atoms with Crippen molar-refractivity contribution in [3.63, 3.8) is 0 Å². The second-order valence-corrected chi connectivity index (χ2v) is 5.36. The van der Waals surface area contributed by atoms with E-state index in [2.05, 4.69) is 0 Å². The van der Waals surface area contributed by atoms with Crippen LogP contribution < -0.4 is 4.74 Å². The van der Waals surface area contributed by atoms with Crippen LogP contribution in [-0.2, 0) is 5.41 Å². The van der Waals surface area contributed by atoms with E-state index in [9.17, 15) is 9.90 Å². The van der Waals surface area contributed by atoms with Gasteiger partial charge in [-0.05, 0) is 23.8 Å². The maximum absolute atomic E-state index is 11.2. The third-order valence-corrected chi connectivity index (χ3v) is 3.73. The van der Waals surface area contributed by atoms with Gasteiger partial charge in [-0.25, -0.2) is 4.79 Å². The molecule has 0 saturated heterocycles. The first kappa shape index (κ1) is 14.9. The normalized spacial score (nSPS) is 11.2. The summed E-state index contributed by atoms with van der Waals surface area (Å²) in [6.07, 6.45) is 0. The van der Waals surface area contributed by atoms with Crippen molar-refractivity contribution >= 4 is 5.97 Å². The van der Waals surface area contributed by atoms with Gasteiger partial charge < -0.3 is 14.9 Å². The average Bonchev–Trinajstić information content (AvgIpc) is 2.47. The minimum absolute atomic E-state index is 0.101. The van der Waals surface area contributed by atoms with Crippen molar-refractivity contribution in [2.45, 2.75) is 19.3 Å². The summed E-state index contributed by atoms with van der Waals surface area (Å²) >= 11 is 0. The van der Waals surface area contributed by atoms with Crippen LogP contribution in [0.4, 0.5) is 0 Å². The Balaban J connectivity index is 2.58. The first-order chi connectivity index (χ1) is 9.87. The van der Waals surface area contributed by atoms with Crippen LogP contribution in [0.1, 0.15) is 35.3 Å². The summed E-state index contributed by atoms with van der Waals surface area (Å²) in [5, 5.41) is 18.8. The van der Waals surface area contributed by atoms with Crippen LogP contribution >= 0.6 is 0 Å². The predicted molar refractivity (Wildman–Crippen MR) is 80.2 cm³/mol. The van der Waals surface area contributed by atoms with Gasteiger partial charge in [0.05, 0.1) is 7.11 Å². The van der Waals surface area contributed by atoms with Gasteiger partial charge in [0.25, 0.3) is 0 Å². The molecule has 4 nitrogen and oxygen atoms in total. The summed E-state index contributed by atoms with van der Waals surface area (Å²) in [6, 6.07) is 12.3. The Morgan fingerprint density at radius 2 is 1.81 bits per heavy atom. The minimum atomic E-state index is -1.15. The lowest BCUT2D eigenvalue weighted by Crippen LogP contribution is -2.20. The number of aromatic carboxylic acids is 1. The highest BCUT2D eigenvalue weighted by Gasteiger charge is 2.27. The second kappa shape index (κ2) is 5.48. The molecule has 0 heterocycles.